The minimum atomic E-state index is -0.0173. The van der Waals surface area contributed by atoms with E-state index < -0.39 is 0 Å². The van der Waals surface area contributed by atoms with Gasteiger partial charge in [-0.05, 0) is 41.5 Å². The topological polar surface area (TPSA) is 41.6 Å². The Labute approximate surface area is 168 Å². The first-order chi connectivity index (χ1) is 13.4. The Morgan fingerprint density at radius 3 is 2.50 bits per heavy atom. The Hall–Kier alpha value is -2.33. The van der Waals surface area contributed by atoms with E-state index in [1.807, 2.05) is 35.2 Å². The average Bonchev–Trinajstić information content (AvgIpc) is 2.69. The highest BCUT2D eigenvalue weighted by Crippen LogP contribution is 2.24. The Kier molecular flexibility index (Phi) is 6.74. The fourth-order valence-corrected chi connectivity index (χ4v) is 3.56. The second-order valence-electron chi connectivity index (χ2n) is 8.71. The quantitative estimate of drug-likeness (QED) is 0.750. The number of benzene rings is 2. The van der Waals surface area contributed by atoms with Crippen LogP contribution in [-0.4, -0.2) is 30.6 Å². The number of piperidine rings is 1. The third kappa shape index (κ3) is 5.83. The summed E-state index contributed by atoms with van der Waals surface area (Å²) in [6.45, 7) is 9.45. The minimum Gasteiger partial charge on any atom is -0.376 e. The monoisotopic (exact) mass is 380 g/mol. The molecular formula is C24H32N2O2. The molecule has 3 rings (SSSR count). The first-order valence-corrected chi connectivity index (χ1v) is 10.2. The number of urea groups is 1. The molecule has 0 spiro atoms. The molecule has 1 heterocycles. The number of anilines is 1. The summed E-state index contributed by atoms with van der Waals surface area (Å²) < 4.78 is 5.89. The summed E-state index contributed by atoms with van der Waals surface area (Å²) in [5, 5.41) is 3.04. The van der Waals surface area contributed by atoms with Crippen molar-refractivity contribution in [2.24, 2.45) is 5.92 Å². The average molecular weight is 381 g/mol. The van der Waals surface area contributed by atoms with E-state index in [9.17, 15) is 4.79 Å². The Morgan fingerprint density at radius 2 is 1.82 bits per heavy atom. The lowest BCUT2D eigenvalue weighted by Crippen LogP contribution is -2.43. The molecule has 2 aromatic rings. The number of carbonyl (C=O) groups excluding carboxylic acids is 1. The molecule has 0 radical (unpaired) electrons. The van der Waals surface area contributed by atoms with Crippen molar-refractivity contribution >= 4 is 11.7 Å². The van der Waals surface area contributed by atoms with Gasteiger partial charge in [0, 0.05) is 24.7 Å². The summed E-state index contributed by atoms with van der Waals surface area (Å²) in [4.78, 5) is 14.6. The zero-order chi connectivity index (χ0) is 20.0. The Balaban J connectivity index is 1.47. The van der Waals surface area contributed by atoms with E-state index in [0.29, 0.717) is 19.1 Å². The second-order valence-corrected chi connectivity index (χ2v) is 8.71. The van der Waals surface area contributed by atoms with Crippen molar-refractivity contribution in [1.29, 1.82) is 0 Å². The molecule has 150 valence electrons. The molecule has 1 fully saturated rings. The second kappa shape index (κ2) is 9.24. The number of nitrogens with one attached hydrogen (secondary N) is 1. The van der Waals surface area contributed by atoms with Crippen molar-refractivity contribution in [3.63, 3.8) is 0 Å². The van der Waals surface area contributed by atoms with E-state index in [0.717, 1.165) is 31.6 Å². The van der Waals surface area contributed by atoms with Gasteiger partial charge in [-0.15, -0.1) is 0 Å². The van der Waals surface area contributed by atoms with Gasteiger partial charge in [-0.2, -0.15) is 0 Å². The predicted octanol–water partition coefficient (Wildman–Crippen LogP) is 5.44. The van der Waals surface area contributed by atoms with Crippen molar-refractivity contribution in [2.75, 3.05) is 25.0 Å². The normalized spacial score (nSPS) is 17.4. The zero-order valence-corrected chi connectivity index (χ0v) is 17.3. The van der Waals surface area contributed by atoms with E-state index in [-0.39, 0.29) is 11.4 Å². The predicted molar refractivity (Wildman–Crippen MR) is 115 cm³/mol. The zero-order valence-electron chi connectivity index (χ0n) is 17.3. The Bertz CT molecular complexity index is 750. The summed E-state index contributed by atoms with van der Waals surface area (Å²) in [5.41, 5.74) is 3.41. The van der Waals surface area contributed by atoms with Gasteiger partial charge < -0.3 is 15.0 Å². The third-order valence-corrected chi connectivity index (χ3v) is 5.27. The van der Waals surface area contributed by atoms with Crippen LogP contribution in [0.4, 0.5) is 10.5 Å². The van der Waals surface area contributed by atoms with Crippen LogP contribution >= 0.6 is 0 Å². The lowest BCUT2D eigenvalue weighted by molar-refractivity contribution is 0.0606. The molecule has 0 aromatic heterocycles. The van der Waals surface area contributed by atoms with Crippen molar-refractivity contribution in [3.05, 3.63) is 65.7 Å². The highest BCUT2D eigenvalue weighted by Gasteiger charge is 2.24. The largest absolute Gasteiger partial charge is 0.376 e. The van der Waals surface area contributed by atoms with Crippen molar-refractivity contribution in [1.82, 2.24) is 4.90 Å². The number of ether oxygens (including phenoxy) is 1. The molecule has 1 saturated heterocycles. The van der Waals surface area contributed by atoms with Crippen LogP contribution in [0.3, 0.4) is 0 Å². The van der Waals surface area contributed by atoms with Crippen molar-refractivity contribution in [3.8, 4) is 0 Å². The van der Waals surface area contributed by atoms with Gasteiger partial charge >= 0.3 is 6.03 Å². The highest BCUT2D eigenvalue weighted by molar-refractivity contribution is 5.89. The molecule has 1 N–H and O–H groups in total. The van der Waals surface area contributed by atoms with E-state index >= 15 is 0 Å². The third-order valence-electron chi connectivity index (χ3n) is 5.27. The molecule has 4 heteroatoms. The van der Waals surface area contributed by atoms with Gasteiger partial charge in [0.1, 0.15) is 0 Å². The molecule has 1 atom stereocenters. The van der Waals surface area contributed by atoms with Gasteiger partial charge in [0.05, 0.1) is 13.2 Å². The first kappa shape index (κ1) is 20.4. The summed E-state index contributed by atoms with van der Waals surface area (Å²) >= 11 is 0. The van der Waals surface area contributed by atoms with Crippen LogP contribution in [0.2, 0.25) is 0 Å². The van der Waals surface area contributed by atoms with Crippen molar-refractivity contribution in [2.45, 2.75) is 45.6 Å². The highest BCUT2D eigenvalue weighted by atomic mass is 16.5. The maximum Gasteiger partial charge on any atom is 0.321 e. The van der Waals surface area contributed by atoms with E-state index in [1.165, 1.54) is 11.1 Å². The first-order valence-electron chi connectivity index (χ1n) is 10.2. The molecule has 1 unspecified atom stereocenters. The molecule has 1 aliphatic rings. The van der Waals surface area contributed by atoms with E-state index in [2.05, 4.69) is 50.4 Å². The maximum atomic E-state index is 12.7. The van der Waals surface area contributed by atoms with Crippen molar-refractivity contribution < 1.29 is 9.53 Å². The number of amides is 2. The fourth-order valence-electron chi connectivity index (χ4n) is 3.56. The van der Waals surface area contributed by atoms with Gasteiger partial charge in [0.15, 0.2) is 0 Å². The number of hydrogen-bond donors (Lipinski definition) is 1. The van der Waals surface area contributed by atoms with Crippen LogP contribution in [0.5, 0.6) is 0 Å². The van der Waals surface area contributed by atoms with Crippen LogP contribution in [-0.2, 0) is 16.8 Å². The molecule has 0 saturated carbocycles. The molecule has 0 aliphatic carbocycles. The van der Waals surface area contributed by atoms with Crippen LogP contribution in [0.1, 0.15) is 44.7 Å². The number of rotatable bonds is 5. The van der Waals surface area contributed by atoms with E-state index in [1.54, 1.807) is 0 Å². The van der Waals surface area contributed by atoms with Crippen LogP contribution < -0.4 is 5.32 Å². The summed E-state index contributed by atoms with van der Waals surface area (Å²) in [6.07, 6.45) is 2.13. The van der Waals surface area contributed by atoms with Crippen LogP contribution in [0, 0.1) is 5.92 Å². The molecule has 1 aliphatic heterocycles. The van der Waals surface area contributed by atoms with Gasteiger partial charge in [-0.3, -0.25) is 0 Å². The lowest BCUT2D eigenvalue weighted by Gasteiger charge is -2.32. The SMILES string of the molecule is CC(C)(C)c1ccc(NC(=O)N2CCCC(COCc3ccccc3)C2)cc1. The Morgan fingerprint density at radius 1 is 1.11 bits per heavy atom. The number of carbonyl (C=O) groups is 1. The molecule has 0 bridgehead atoms. The molecule has 28 heavy (non-hydrogen) atoms. The van der Waals surface area contributed by atoms with Gasteiger partial charge in [0.25, 0.3) is 0 Å². The molecule has 2 aromatic carbocycles. The maximum absolute atomic E-state index is 12.7. The number of likely N-dealkylation sites (tertiary alicyclic amines) is 1. The fraction of sp³-hybridized carbons (Fsp3) is 0.458. The smallest absolute Gasteiger partial charge is 0.321 e. The molecule has 4 nitrogen and oxygen atoms in total. The van der Waals surface area contributed by atoms with Gasteiger partial charge in [-0.1, -0.05) is 63.2 Å². The summed E-state index contributed by atoms with van der Waals surface area (Å²) in [6, 6.07) is 18.4. The molecule has 2 amide bonds. The summed E-state index contributed by atoms with van der Waals surface area (Å²) in [7, 11) is 0. The summed E-state index contributed by atoms with van der Waals surface area (Å²) in [5.74, 6) is 0.395. The standard InChI is InChI=1S/C24H32N2O2/c1-24(2,3)21-11-13-22(14-12-21)25-23(27)26-15-7-10-20(16-26)18-28-17-19-8-5-4-6-9-19/h4-6,8-9,11-14,20H,7,10,15-18H2,1-3H3,(H,25,27). The number of nitrogens with zero attached hydrogens (tertiary/aromatic N) is 1. The van der Waals surface area contributed by atoms with Crippen LogP contribution in [0.25, 0.3) is 0 Å². The van der Waals surface area contributed by atoms with Gasteiger partial charge in [-0.25, -0.2) is 4.79 Å². The van der Waals surface area contributed by atoms with E-state index in [4.69, 9.17) is 4.74 Å². The number of hydrogen-bond acceptors (Lipinski definition) is 2. The van der Waals surface area contributed by atoms with Crippen LogP contribution in [0.15, 0.2) is 54.6 Å². The van der Waals surface area contributed by atoms with Gasteiger partial charge in [0.2, 0.25) is 0 Å². The lowest BCUT2D eigenvalue weighted by atomic mass is 9.87. The minimum absolute atomic E-state index is 0.0173. The molecular weight excluding hydrogens is 348 g/mol.